The van der Waals surface area contributed by atoms with E-state index in [1.807, 2.05) is 12.1 Å². The Bertz CT molecular complexity index is 1220. The number of fused-ring (bicyclic) bond motifs is 1. The maximum Gasteiger partial charge on any atom is 0.220 e. The normalized spacial score (nSPS) is 15.3. The standard InChI is InChI=1S/C25H25FN6/c1-31(15-17-5-3-2-4-6-17)16-20-11-12-22-30-23(18-7-9-19(26)10-8-18)24(32(20)22)21-13-14-28-25(27)29-21/h2-10,13-14,20H,11-12,15-16H2,1H3,(H2,27,28,29)/t20-/m0/s1. The third kappa shape index (κ3) is 3.99. The Morgan fingerprint density at radius 3 is 2.59 bits per heavy atom. The van der Waals surface area contributed by atoms with Gasteiger partial charge >= 0.3 is 0 Å². The second-order valence-electron chi connectivity index (χ2n) is 8.28. The lowest BCUT2D eigenvalue weighted by atomic mass is 10.1. The summed E-state index contributed by atoms with van der Waals surface area (Å²) in [6.07, 6.45) is 3.56. The van der Waals surface area contributed by atoms with Gasteiger partial charge in [-0.15, -0.1) is 0 Å². The second-order valence-corrected chi connectivity index (χ2v) is 8.28. The van der Waals surface area contributed by atoms with Crippen LogP contribution in [0.5, 0.6) is 0 Å². The minimum atomic E-state index is -0.270. The number of likely N-dealkylation sites (N-methyl/N-ethyl adjacent to an activating group) is 1. The van der Waals surface area contributed by atoms with E-state index in [-0.39, 0.29) is 17.8 Å². The van der Waals surface area contributed by atoms with Gasteiger partial charge in [0.25, 0.3) is 0 Å². The summed E-state index contributed by atoms with van der Waals surface area (Å²) >= 11 is 0. The summed E-state index contributed by atoms with van der Waals surface area (Å²) in [6, 6.07) is 19.0. The van der Waals surface area contributed by atoms with E-state index < -0.39 is 0 Å². The van der Waals surface area contributed by atoms with Crippen LogP contribution in [0.25, 0.3) is 22.6 Å². The van der Waals surface area contributed by atoms with Crippen LogP contribution in [0.3, 0.4) is 0 Å². The topological polar surface area (TPSA) is 72.9 Å². The average molecular weight is 429 g/mol. The van der Waals surface area contributed by atoms with Gasteiger partial charge in [0, 0.05) is 37.3 Å². The summed E-state index contributed by atoms with van der Waals surface area (Å²) in [5, 5.41) is 0. The van der Waals surface area contributed by atoms with Gasteiger partial charge in [-0.25, -0.2) is 19.3 Å². The highest BCUT2D eigenvalue weighted by molar-refractivity contribution is 5.78. The maximum atomic E-state index is 13.6. The van der Waals surface area contributed by atoms with Gasteiger partial charge in [0.1, 0.15) is 11.6 Å². The number of imidazole rings is 1. The van der Waals surface area contributed by atoms with Crippen LogP contribution in [-0.2, 0) is 13.0 Å². The zero-order valence-corrected chi connectivity index (χ0v) is 17.9. The molecule has 2 aromatic carbocycles. The van der Waals surface area contributed by atoms with Crippen molar-refractivity contribution in [3.05, 3.63) is 84.1 Å². The lowest BCUT2D eigenvalue weighted by Crippen LogP contribution is -2.26. The van der Waals surface area contributed by atoms with Crippen LogP contribution in [-0.4, -0.2) is 38.0 Å². The third-order valence-electron chi connectivity index (χ3n) is 5.90. The summed E-state index contributed by atoms with van der Waals surface area (Å²) in [5.74, 6) is 0.974. The smallest absolute Gasteiger partial charge is 0.220 e. The highest BCUT2D eigenvalue weighted by Crippen LogP contribution is 2.39. The fraction of sp³-hybridized carbons (Fsp3) is 0.240. The lowest BCUT2D eigenvalue weighted by molar-refractivity contribution is 0.274. The molecule has 0 unspecified atom stereocenters. The fourth-order valence-electron chi connectivity index (χ4n) is 4.53. The van der Waals surface area contributed by atoms with Gasteiger partial charge in [-0.1, -0.05) is 30.3 Å². The first-order valence-electron chi connectivity index (χ1n) is 10.8. The summed E-state index contributed by atoms with van der Waals surface area (Å²) in [5.41, 5.74) is 10.5. The molecule has 162 valence electrons. The van der Waals surface area contributed by atoms with Crippen molar-refractivity contribution >= 4 is 5.95 Å². The molecule has 0 saturated carbocycles. The number of hydrogen-bond acceptors (Lipinski definition) is 5. The van der Waals surface area contributed by atoms with Crippen LogP contribution in [0.2, 0.25) is 0 Å². The van der Waals surface area contributed by atoms with Crippen LogP contribution in [0.15, 0.2) is 66.9 Å². The first kappa shape index (κ1) is 20.3. The van der Waals surface area contributed by atoms with E-state index in [1.165, 1.54) is 17.7 Å². The molecule has 5 rings (SSSR count). The van der Waals surface area contributed by atoms with Crippen molar-refractivity contribution in [1.29, 1.82) is 0 Å². The Balaban J connectivity index is 1.53. The van der Waals surface area contributed by atoms with Gasteiger partial charge in [0.2, 0.25) is 5.95 Å². The highest BCUT2D eigenvalue weighted by Gasteiger charge is 2.31. The second kappa shape index (κ2) is 8.51. The Kier molecular flexibility index (Phi) is 5.41. The molecule has 1 aliphatic rings. The molecule has 6 nitrogen and oxygen atoms in total. The molecular formula is C25H25FN6. The number of hydrogen-bond donors (Lipinski definition) is 1. The maximum absolute atomic E-state index is 13.6. The summed E-state index contributed by atoms with van der Waals surface area (Å²) < 4.78 is 15.9. The molecule has 0 aliphatic carbocycles. The van der Waals surface area contributed by atoms with Gasteiger partial charge in [0.05, 0.1) is 17.1 Å². The Labute approximate surface area is 186 Å². The summed E-state index contributed by atoms with van der Waals surface area (Å²) in [6.45, 7) is 1.76. The number of nitrogen functional groups attached to an aromatic ring is 1. The van der Waals surface area contributed by atoms with Gasteiger partial charge in [-0.2, -0.15) is 0 Å². The quantitative estimate of drug-likeness (QED) is 0.494. The van der Waals surface area contributed by atoms with E-state index in [0.717, 1.165) is 54.4 Å². The van der Waals surface area contributed by atoms with Crippen molar-refractivity contribution < 1.29 is 4.39 Å². The molecule has 0 fully saturated rings. The van der Waals surface area contributed by atoms with Crippen LogP contribution in [0, 0.1) is 5.82 Å². The first-order chi connectivity index (χ1) is 15.6. The minimum Gasteiger partial charge on any atom is -0.368 e. The zero-order valence-electron chi connectivity index (χ0n) is 17.9. The van der Waals surface area contributed by atoms with Gasteiger partial charge < -0.3 is 15.2 Å². The molecule has 0 saturated heterocycles. The number of nitrogens with zero attached hydrogens (tertiary/aromatic N) is 5. The van der Waals surface area contributed by atoms with Crippen molar-refractivity contribution in [2.75, 3.05) is 19.3 Å². The summed E-state index contributed by atoms with van der Waals surface area (Å²) in [4.78, 5) is 15.8. The monoisotopic (exact) mass is 428 g/mol. The molecule has 32 heavy (non-hydrogen) atoms. The SMILES string of the molecule is CN(Cc1ccccc1)C[C@@H]1CCc2nc(-c3ccc(F)cc3)c(-c3ccnc(N)n3)n21. The molecule has 2 aromatic heterocycles. The zero-order chi connectivity index (χ0) is 22.1. The average Bonchev–Trinajstić information content (AvgIpc) is 3.35. The first-order valence-corrected chi connectivity index (χ1v) is 10.8. The molecule has 1 aliphatic heterocycles. The molecule has 0 amide bonds. The van der Waals surface area contributed by atoms with Crippen LogP contribution >= 0.6 is 0 Å². The predicted octanol–water partition coefficient (Wildman–Crippen LogP) is 4.35. The molecule has 7 heteroatoms. The van der Waals surface area contributed by atoms with Crippen LogP contribution < -0.4 is 5.73 Å². The Hall–Kier alpha value is -3.58. The van der Waals surface area contributed by atoms with Crippen molar-refractivity contribution in [1.82, 2.24) is 24.4 Å². The van der Waals surface area contributed by atoms with Gasteiger partial charge in [-0.05, 0) is 49.4 Å². The van der Waals surface area contributed by atoms with E-state index in [9.17, 15) is 4.39 Å². The highest BCUT2D eigenvalue weighted by atomic mass is 19.1. The van der Waals surface area contributed by atoms with Crippen molar-refractivity contribution in [2.45, 2.75) is 25.4 Å². The van der Waals surface area contributed by atoms with Gasteiger partial charge in [0.15, 0.2) is 0 Å². The molecule has 3 heterocycles. The van der Waals surface area contributed by atoms with Crippen LogP contribution in [0.4, 0.5) is 10.3 Å². The molecule has 1 atom stereocenters. The van der Waals surface area contributed by atoms with E-state index >= 15 is 0 Å². The largest absolute Gasteiger partial charge is 0.368 e. The van der Waals surface area contributed by atoms with Crippen molar-refractivity contribution in [3.63, 3.8) is 0 Å². The van der Waals surface area contributed by atoms with Crippen molar-refractivity contribution in [2.24, 2.45) is 0 Å². The number of rotatable bonds is 6. The van der Waals surface area contributed by atoms with Crippen molar-refractivity contribution in [3.8, 4) is 22.6 Å². The minimum absolute atomic E-state index is 0.221. The number of anilines is 1. The summed E-state index contributed by atoms with van der Waals surface area (Å²) in [7, 11) is 2.14. The van der Waals surface area contributed by atoms with E-state index in [1.54, 1.807) is 18.3 Å². The van der Waals surface area contributed by atoms with E-state index in [0.29, 0.717) is 0 Å². The van der Waals surface area contributed by atoms with Crippen LogP contribution in [0.1, 0.15) is 23.9 Å². The predicted molar refractivity (Wildman–Crippen MR) is 123 cm³/mol. The lowest BCUT2D eigenvalue weighted by Gasteiger charge is -2.24. The molecule has 0 spiro atoms. The molecule has 2 N–H and O–H groups in total. The number of halogens is 1. The fourth-order valence-corrected chi connectivity index (χ4v) is 4.53. The molecular weight excluding hydrogens is 403 g/mol. The van der Waals surface area contributed by atoms with Gasteiger partial charge in [-0.3, -0.25) is 0 Å². The number of nitrogens with two attached hydrogens (primary N) is 1. The number of benzene rings is 2. The van der Waals surface area contributed by atoms with E-state index in [2.05, 4.69) is 50.7 Å². The molecule has 4 aromatic rings. The third-order valence-corrected chi connectivity index (χ3v) is 5.90. The Morgan fingerprint density at radius 1 is 1.06 bits per heavy atom. The number of aryl methyl sites for hydroxylation is 1. The molecule has 0 radical (unpaired) electrons. The molecule has 0 bridgehead atoms. The van der Waals surface area contributed by atoms with E-state index in [4.69, 9.17) is 10.7 Å². The number of aromatic nitrogens is 4. The Morgan fingerprint density at radius 2 is 1.84 bits per heavy atom.